The van der Waals surface area contributed by atoms with Gasteiger partial charge in [0.15, 0.2) is 5.84 Å². The predicted molar refractivity (Wildman–Crippen MR) is 77.0 cm³/mol. The van der Waals surface area contributed by atoms with E-state index in [-0.39, 0.29) is 5.84 Å². The van der Waals surface area contributed by atoms with E-state index in [1.807, 2.05) is 0 Å². The Morgan fingerprint density at radius 1 is 1.40 bits per heavy atom. The minimum Gasteiger partial charge on any atom is -0.438 e. The van der Waals surface area contributed by atoms with Gasteiger partial charge in [0.2, 0.25) is 5.88 Å². The van der Waals surface area contributed by atoms with Gasteiger partial charge in [-0.15, -0.1) is 0 Å². The molecule has 0 saturated carbocycles. The zero-order valence-corrected chi connectivity index (χ0v) is 12.3. The average molecular weight is 315 g/mol. The van der Waals surface area contributed by atoms with Crippen molar-refractivity contribution in [2.45, 2.75) is 6.92 Å². The summed E-state index contributed by atoms with van der Waals surface area (Å²) in [6.07, 6.45) is 0. The molecule has 0 aliphatic rings. The Hall–Kier alpha value is -1.92. The number of hydrogen-bond donors (Lipinski definition) is 2. The second-order valence-electron chi connectivity index (χ2n) is 4.05. The highest BCUT2D eigenvalue weighted by Crippen LogP contribution is 2.31. The van der Waals surface area contributed by atoms with E-state index in [4.69, 9.17) is 38.9 Å². The molecule has 6 nitrogen and oxygen atoms in total. The van der Waals surface area contributed by atoms with E-state index >= 15 is 0 Å². The van der Waals surface area contributed by atoms with Crippen molar-refractivity contribution in [1.82, 2.24) is 9.78 Å². The van der Waals surface area contributed by atoms with Crippen molar-refractivity contribution in [3.05, 3.63) is 39.5 Å². The van der Waals surface area contributed by atoms with Gasteiger partial charge in [-0.1, -0.05) is 28.4 Å². The van der Waals surface area contributed by atoms with Gasteiger partial charge >= 0.3 is 0 Å². The van der Waals surface area contributed by atoms with Crippen molar-refractivity contribution < 1.29 is 9.94 Å². The lowest BCUT2D eigenvalue weighted by atomic mass is 10.2. The van der Waals surface area contributed by atoms with Crippen molar-refractivity contribution in [3.8, 4) is 11.6 Å². The Balaban J connectivity index is 2.45. The predicted octanol–water partition coefficient (Wildman–Crippen LogP) is 2.92. The molecule has 2 rings (SSSR count). The molecule has 0 spiro atoms. The number of amidine groups is 1. The van der Waals surface area contributed by atoms with Crippen LogP contribution in [0.3, 0.4) is 0 Å². The number of ether oxygens (including phenoxy) is 1. The molecule has 1 aromatic carbocycles. The van der Waals surface area contributed by atoms with Gasteiger partial charge in [-0.25, -0.2) is 4.68 Å². The van der Waals surface area contributed by atoms with Crippen molar-refractivity contribution in [3.63, 3.8) is 0 Å². The second kappa shape index (κ2) is 5.60. The summed E-state index contributed by atoms with van der Waals surface area (Å²) in [5, 5.41) is 16.8. The highest BCUT2D eigenvalue weighted by molar-refractivity contribution is 6.42. The van der Waals surface area contributed by atoms with E-state index < -0.39 is 0 Å². The Bertz CT molecular complexity index is 682. The number of nitrogens with zero attached hydrogens (tertiary/aromatic N) is 3. The fraction of sp³-hybridized carbons (Fsp3) is 0.167. The maximum absolute atomic E-state index is 8.82. The van der Waals surface area contributed by atoms with Gasteiger partial charge in [-0.05, 0) is 19.1 Å². The number of aromatic nitrogens is 2. The molecule has 0 aliphatic carbocycles. The highest BCUT2D eigenvalue weighted by Gasteiger charge is 2.19. The monoisotopic (exact) mass is 314 g/mol. The summed E-state index contributed by atoms with van der Waals surface area (Å²) in [6.45, 7) is 1.73. The molecule has 2 aromatic rings. The van der Waals surface area contributed by atoms with Gasteiger partial charge in [0, 0.05) is 13.1 Å². The summed E-state index contributed by atoms with van der Waals surface area (Å²) in [5.41, 5.74) is 6.64. The number of oxime groups is 1. The normalized spacial score (nSPS) is 11.7. The molecule has 1 aromatic heterocycles. The third kappa shape index (κ3) is 2.66. The van der Waals surface area contributed by atoms with Crippen LogP contribution in [0.15, 0.2) is 23.4 Å². The highest BCUT2D eigenvalue weighted by atomic mass is 35.5. The first kappa shape index (κ1) is 14.5. The Kier molecular flexibility index (Phi) is 4.06. The molecule has 0 atom stereocenters. The van der Waals surface area contributed by atoms with Crippen LogP contribution in [0.1, 0.15) is 11.3 Å². The van der Waals surface area contributed by atoms with Gasteiger partial charge in [0.25, 0.3) is 0 Å². The molecule has 3 N–H and O–H groups in total. The molecule has 0 saturated heterocycles. The van der Waals surface area contributed by atoms with E-state index in [0.29, 0.717) is 32.9 Å². The van der Waals surface area contributed by atoms with Crippen molar-refractivity contribution in [2.24, 2.45) is 17.9 Å². The smallest absolute Gasteiger partial charge is 0.229 e. The molecule has 0 amide bonds. The third-order valence-corrected chi connectivity index (χ3v) is 3.38. The molecule has 106 valence electrons. The molecule has 20 heavy (non-hydrogen) atoms. The van der Waals surface area contributed by atoms with Crippen molar-refractivity contribution in [1.29, 1.82) is 0 Å². The van der Waals surface area contributed by atoms with E-state index in [1.54, 1.807) is 32.2 Å². The van der Waals surface area contributed by atoms with E-state index in [0.717, 1.165) is 0 Å². The zero-order valence-electron chi connectivity index (χ0n) is 10.8. The van der Waals surface area contributed by atoms with Crippen LogP contribution in [-0.2, 0) is 7.05 Å². The van der Waals surface area contributed by atoms with Gasteiger partial charge < -0.3 is 15.7 Å². The minimum atomic E-state index is -0.0781. The lowest BCUT2D eigenvalue weighted by Crippen LogP contribution is -2.15. The summed E-state index contributed by atoms with van der Waals surface area (Å²) in [5.74, 6) is 0.733. The summed E-state index contributed by atoms with van der Waals surface area (Å²) in [6, 6.07) is 4.85. The number of halogens is 2. The number of rotatable bonds is 3. The van der Waals surface area contributed by atoms with Crippen LogP contribution in [0.5, 0.6) is 11.6 Å². The first-order chi connectivity index (χ1) is 9.43. The fourth-order valence-corrected chi connectivity index (χ4v) is 2.04. The summed E-state index contributed by atoms with van der Waals surface area (Å²) < 4.78 is 7.20. The van der Waals surface area contributed by atoms with Crippen LogP contribution in [0, 0.1) is 6.92 Å². The van der Waals surface area contributed by atoms with Gasteiger partial charge in [0.1, 0.15) is 11.3 Å². The summed E-state index contributed by atoms with van der Waals surface area (Å²) in [7, 11) is 1.69. The third-order valence-electron chi connectivity index (χ3n) is 2.64. The number of aryl methyl sites for hydroxylation is 2. The van der Waals surface area contributed by atoms with Crippen LogP contribution >= 0.6 is 23.2 Å². The number of hydrogen-bond acceptors (Lipinski definition) is 4. The van der Waals surface area contributed by atoms with Crippen molar-refractivity contribution >= 4 is 29.0 Å². The van der Waals surface area contributed by atoms with Gasteiger partial charge in [-0.3, -0.25) is 0 Å². The summed E-state index contributed by atoms with van der Waals surface area (Å²) >= 11 is 11.8. The molecule has 8 heteroatoms. The molecule has 0 fully saturated rings. The maximum Gasteiger partial charge on any atom is 0.229 e. The molecular formula is C12H12Cl2N4O2. The Morgan fingerprint density at radius 2 is 2.10 bits per heavy atom. The Morgan fingerprint density at radius 3 is 2.70 bits per heavy atom. The van der Waals surface area contributed by atoms with Gasteiger partial charge in [0.05, 0.1) is 15.7 Å². The largest absolute Gasteiger partial charge is 0.438 e. The van der Waals surface area contributed by atoms with Crippen LogP contribution in [0.4, 0.5) is 0 Å². The summed E-state index contributed by atoms with van der Waals surface area (Å²) in [4.78, 5) is 0. The first-order valence-corrected chi connectivity index (χ1v) is 6.34. The van der Waals surface area contributed by atoms with Crippen LogP contribution < -0.4 is 10.5 Å². The number of nitrogens with two attached hydrogens (primary N) is 1. The van der Waals surface area contributed by atoms with Gasteiger partial charge in [-0.2, -0.15) is 5.10 Å². The SMILES string of the molecule is Cc1nn(C)c(Oc2ccc(Cl)c(Cl)c2)c1C(N)=NO. The zero-order chi connectivity index (χ0) is 14.9. The second-order valence-corrected chi connectivity index (χ2v) is 4.87. The molecule has 0 radical (unpaired) electrons. The van der Waals surface area contributed by atoms with Crippen LogP contribution in [0.25, 0.3) is 0 Å². The lowest BCUT2D eigenvalue weighted by molar-refractivity contribution is 0.318. The molecular weight excluding hydrogens is 303 g/mol. The topological polar surface area (TPSA) is 85.7 Å². The van der Waals surface area contributed by atoms with E-state index in [2.05, 4.69) is 10.3 Å². The number of benzene rings is 1. The molecule has 0 aliphatic heterocycles. The molecule has 0 unspecified atom stereocenters. The molecule has 0 bridgehead atoms. The fourth-order valence-electron chi connectivity index (χ4n) is 1.75. The maximum atomic E-state index is 8.82. The average Bonchev–Trinajstić information content (AvgIpc) is 2.68. The van der Waals surface area contributed by atoms with E-state index in [1.165, 1.54) is 4.68 Å². The van der Waals surface area contributed by atoms with Crippen LogP contribution in [-0.4, -0.2) is 20.8 Å². The lowest BCUT2D eigenvalue weighted by Gasteiger charge is -2.08. The standard InChI is InChI=1S/C12H12Cl2N4O2/c1-6-10(11(15)17-19)12(18(2)16-6)20-7-3-4-8(13)9(14)5-7/h3-5,19H,1-2H3,(H2,15,17). The van der Waals surface area contributed by atoms with E-state index in [9.17, 15) is 0 Å². The quantitative estimate of drug-likeness (QED) is 0.395. The van der Waals surface area contributed by atoms with Crippen LogP contribution in [0.2, 0.25) is 10.0 Å². The Labute approximate surface area is 125 Å². The first-order valence-electron chi connectivity index (χ1n) is 5.58. The van der Waals surface area contributed by atoms with Crippen molar-refractivity contribution in [2.75, 3.05) is 0 Å². The molecule has 1 heterocycles. The minimum absolute atomic E-state index is 0.0781.